The molecule has 1 atom stereocenters. The first-order chi connectivity index (χ1) is 18.5. The van der Waals surface area contributed by atoms with Gasteiger partial charge in [-0.1, -0.05) is 37.3 Å². The van der Waals surface area contributed by atoms with Gasteiger partial charge in [-0.25, -0.2) is 9.59 Å². The van der Waals surface area contributed by atoms with Crippen molar-refractivity contribution < 1.29 is 28.9 Å². The van der Waals surface area contributed by atoms with Crippen LogP contribution in [0, 0.1) is 0 Å². The van der Waals surface area contributed by atoms with Crippen LogP contribution in [-0.2, 0) is 17.8 Å². The first-order valence-corrected chi connectivity index (χ1v) is 12.9. The molecule has 3 aromatic rings. The number of carboxylic acids is 1. The van der Waals surface area contributed by atoms with Gasteiger partial charge >= 0.3 is 12.1 Å². The largest absolute Gasteiger partial charge is 0.497 e. The van der Waals surface area contributed by atoms with E-state index in [1.165, 1.54) is 16.2 Å². The summed E-state index contributed by atoms with van der Waals surface area (Å²) >= 11 is 0. The number of fused-ring (bicyclic) bond motifs is 1. The van der Waals surface area contributed by atoms with Crippen molar-refractivity contribution in [2.45, 2.75) is 38.8 Å². The van der Waals surface area contributed by atoms with Crippen LogP contribution in [0.4, 0.5) is 10.5 Å². The number of anilines is 1. The Kier molecular flexibility index (Phi) is 9.08. The summed E-state index contributed by atoms with van der Waals surface area (Å²) < 4.78 is 16.6. The molecule has 0 fully saturated rings. The normalized spacial score (nSPS) is 13.3. The van der Waals surface area contributed by atoms with Gasteiger partial charge in [0.15, 0.2) is 0 Å². The quantitative estimate of drug-likeness (QED) is 0.364. The molecular formula is C30H34N2O6. The smallest absolute Gasteiger partial charge is 0.416 e. The van der Waals surface area contributed by atoms with E-state index < -0.39 is 18.1 Å². The third kappa shape index (κ3) is 6.76. The molecule has 1 N–H and O–H groups in total. The molecule has 4 rings (SSSR count). The van der Waals surface area contributed by atoms with Crippen LogP contribution >= 0.6 is 0 Å². The summed E-state index contributed by atoms with van der Waals surface area (Å²) in [6, 6.07) is 21.4. The minimum atomic E-state index is -1.08. The Hall–Kier alpha value is -4.20. The summed E-state index contributed by atoms with van der Waals surface area (Å²) in [5.74, 6) is 0.567. The van der Waals surface area contributed by atoms with E-state index in [-0.39, 0.29) is 13.0 Å². The topological polar surface area (TPSA) is 88.5 Å². The van der Waals surface area contributed by atoms with Crippen molar-refractivity contribution in [3.63, 3.8) is 0 Å². The lowest BCUT2D eigenvalue weighted by Crippen LogP contribution is -2.45. The standard InChI is InChI=1S/C30H34N2O6/c1-3-27(29(33)34)32(30(35)38-26-16-14-24(36-2)15-17-26)21-22-10-12-25(13-11-22)37-20-19-31-18-6-8-23-7-4-5-9-28(23)31/h4-5,7,9-17,27H,3,6,8,18-21H2,1-2H3,(H,33,34). The monoisotopic (exact) mass is 518 g/mol. The molecule has 1 aliphatic rings. The number of nitrogens with zero attached hydrogens (tertiary/aromatic N) is 2. The molecule has 38 heavy (non-hydrogen) atoms. The second kappa shape index (κ2) is 12.9. The SMILES string of the molecule is CCC(C(=O)O)N(Cc1ccc(OCCN2CCCc3ccccc32)cc1)C(=O)Oc1ccc(OC)cc1. The number of carboxylic acid groups (broad SMARTS) is 1. The number of hydrogen-bond donors (Lipinski definition) is 1. The molecule has 200 valence electrons. The van der Waals surface area contributed by atoms with Gasteiger partial charge in [0, 0.05) is 18.8 Å². The molecule has 0 aromatic heterocycles. The number of aliphatic carboxylic acids is 1. The lowest BCUT2D eigenvalue weighted by atomic mass is 10.0. The second-order valence-electron chi connectivity index (χ2n) is 9.15. The zero-order valence-corrected chi connectivity index (χ0v) is 21.8. The number of ether oxygens (including phenoxy) is 3. The fourth-order valence-electron chi connectivity index (χ4n) is 4.64. The van der Waals surface area contributed by atoms with Crippen molar-refractivity contribution in [2.75, 3.05) is 31.7 Å². The summed E-state index contributed by atoms with van der Waals surface area (Å²) in [4.78, 5) is 28.5. The third-order valence-electron chi connectivity index (χ3n) is 6.66. The zero-order chi connectivity index (χ0) is 26.9. The predicted molar refractivity (Wildman–Crippen MR) is 145 cm³/mol. The molecule has 3 aromatic carbocycles. The van der Waals surface area contributed by atoms with Crippen LogP contribution in [0.1, 0.15) is 30.9 Å². The number of carbonyl (C=O) groups excluding carboxylic acids is 1. The van der Waals surface area contributed by atoms with E-state index in [0.29, 0.717) is 18.1 Å². The summed E-state index contributed by atoms with van der Waals surface area (Å²) in [6.07, 6.45) is 1.76. The predicted octanol–water partition coefficient (Wildman–Crippen LogP) is 5.39. The second-order valence-corrected chi connectivity index (χ2v) is 9.15. The fraction of sp³-hybridized carbons (Fsp3) is 0.333. The lowest BCUT2D eigenvalue weighted by molar-refractivity contribution is -0.142. The van der Waals surface area contributed by atoms with Crippen LogP contribution < -0.4 is 19.1 Å². The summed E-state index contributed by atoms with van der Waals surface area (Å²) in [7, 11) is 1.55. The number of methoxy groups -OCH3 is 1. The maximum atomic E-state index is 13.0. The van der Waals surface area contributed by atoms with E-state index in [2.05, 4.69) is 29.2 Å². The molecule has 1 aliphatic heterocycles. The molecule has 1 amide bonds. The van der Waals surface area contributed by atoms with Gasteiger partial charge in [-0.15, -0.1) is 0 Å². The Balaban J connectivity index is 1.37. The van der Waals surface area contributed by atoms with E-state index in [4.69, 9.17) is 14.2 Å². The van der Waals surface area contributed by atoms with Crippen molar-refractivity contribution in [2.24, 2.45) is 0 Å². The number of rotatable bonds is 11. The summed E-state index contributed by atoms with van der Waals surface area (Å²) in [5.41, 5.74) is 3.43. The molecular weight excluding hydrogens is 484 g/mol. The van der Waals surface area contributed by atoms with Crippen LogP contribution in [0.15, 0.2) is 72.8 Å². The van der Waals surface area contributed by atoms with Crippen molar-refractivity contribution >= 4 is 17.7 Å². The highest BCUT2D eigenvalue weighted by Gasteiger charge is 2.30. The number of aryl methyl sites for hydroxylation is 1. The van der Waals surface area contributed by atoms with E-state index in [1.807, 2.05) is 24.3 Å². The number of para-hydroxylation sites is 1. The van der Waals surface area contributed by atoms with E-state index >= 15 is 0 Å². The van der Waals surface area contributed by atoms with Gasteiger partial charge in [-0.3, -0.25) is 4.90 Å². The van der Waals surface area contributed by atoms with Crippen LogP contribution in [0.2, 0.25) is 0 Å². The Labute approximate surface area is 223 Å². The molecule has 8 nitrogen and oxygen atoms in total. The number of amides is 1. The Morgan fingerprint density at radius 2 is 1.66 bits per heavy atom. The van der Waals surface area contributed by atoms with E-state index in [0.717, 1.165) is 37.2 Å². The van der Waals surface area contributed by atoms with Gasteiger partial charge in [0.05, 0.1) is 13.7 Å². The van der Waals surface area contributed by atoms with Gasteiger partial charge in [0.25, 0.3) is 0 Å². The molecule has 0 spiro atoms. The molecule has 0 bridgehead atoms. The molecule has 0 saturated heterocycles. The minimum Gasteiger partial charge on any atom is -0.497 e. The average Bonchev–Trinajstić information content (AvgIpc) is 2.94. The Morgan fingerprint density at radius 3 is 2.34 bits per heavy atom. The lowest BCUT2D eigenvalue weighted by Gasteiger charge is -2.31. The van der Waals surface area contributed by atoms with Crippen LogP contribution in [0.3, 0.4) is 0 Å². The molecule has 1 unspecified atom stereocenters. The number of carbonyl (C=O) groups is 2. The zero-order valence-electron chi connectivity index (χ0n) is 21.8. The van der Waals surface area contributed by atoms with E-state index in [9.17, 15) is 14.7 Å². The molecule has 0 radical (unpaired) electrons. The maximum absolute atomic E-state index is 13.0. The summed E-state index contributed by atoms with van der Waals surface area (Å²) in [6.45, 7) is 4.17. The number of benzene rings is 3. The van der Waals surface area contributed by atoms with Gasteiger partial charge < -0.3 is 24.2 Å². The third-order valence-corrected chi connectivity index (χ3v) is 6.66. The average molecular weight is 519 g/mol. The first-order valence-electron chi connectivity index (χ1n) is 12.9. The van der Waals surface area contributed by atoms with Crippen molar-refractivity contribution in [1.29, 1.82) is 0 Å². The van der Waals surface area contributed by atoms with E-state index in [1.54, 1.807) is 38.3 Å². The highest BCUT2D eigenvalue weighted by molar-refractivity contribution is 5.81. The Morgan fingerprint density at radius 1 is 0.974 bits per heavy atom. The van der Waals surface area contributed by atoms with Gasteiger partial charge in [-0.05, 0) is 72.9 Å². The highest BCUT2D eigenvalue weighted by atomic mass is 16.6. The molecule has 0 saturated carbocycles. The van der Waals surface area contributed by atoms with Gasteiger partial charge in [0.2, 0.25) is 0 Å². The van der Waals surface area contributed by atoms with Gasteiger partial charge in [-0.2, -0.15) is 0 Å². The molecule has 1 heterocycles. The van der Waals surface area contributed by atoms with Gasteiger partial charge in [0.1, 0.15) is 29.9 Å². The van der Waals surface area contributed by atoms with Crippen molar-refractivity contribution in [3.05, 3.63) is 83.9 Å². The Bertz CT molecular complexity index is 1210. The highest BCUT2D eigenvalue weighted by Crippen LogP contribution is 2.26. The van der Waals surface area contributed by atoms with Crippen molar-refractivity contribution in [1.82, 2.24) is 4.90 Å². The van der Waals surface area contributed by atoms with Crippen molar-refractivity contribution in [3.8, 4) is 17.2 Å². The number of hydrogen-bond acceptors (Lipinski definition) is 6. The maximum Gasteiger partial charge on any atom is 0.416 e. The fourth-order valence-corrected chi connectivity index (χ4v) is 4.64. The molecule has 0 aliphatic carbocycles. The van der Waals surface area contributed by atoms with Crippen LogP contribution in [-0.4, -0.2) is 54.9 Å². The first kappa shape index (κ1) is 26.9. The minimum absolute atomic E-state index is 0.0879. The van der Waals surface area contributed by atoms with Crippen LogP contribution in [0.5, 0.6) is 17.2 Å². The molecule has 8 heteroatoms. The summed E-state index contributed by atoms with van der Waals surface area (Å²) in [5, 5.41) is 9.72. The van der Waals surface area contributed by atoms with Crippen LogP contribution in [0.25, 0.3) is 0 Å².